The molecule has 164 valence electrons. The molecule has 0 radical (unpaired) electrons. The minimum Gasteiger partial charge on any atom is -0.493 e. The third kappa shape index (κ3) is 5.89. The summed E-state index contributed by atoms with van der Waals surface area (Å²) in [5.41, 5.74) is 0.705. The van der Waals surface area contributed by atoms with E-state index in [1.54, 1.807) is 35.2 Å². The first-order valence-corrected chi connectivity index (χ1v) is 10.5. The van der Waals surface area contributed by atoms with Crippen LogP contribution in [0.25, 0.3) is 6.08 Å². The van der Waals surface area contributed by atoms with Gasteiger partial charge in [-0.25, -0.2) is 4.98 Å². The third-order valence-electron chi connectivity index (χ3n) is 4.96. The summed E-state index contributed by atoms with van der Waals surface area (Å²) in [7, 11) is 3.03. The van der Waals surface area contributed by atoms with Crippen molar-refractivity contribution in [3.05, 3.63) is 52.1 Å². The predicted octanol–water partition coefficient (Wildman–Crippen LogP) is 4.30. The molecule has 0 spiro atoms. The Hall–Kier alpha value is -2.77. The van der Waals surface area contributed by atoms with Gasteiger partial charge in [-0.1, -0.05) is 23.2 Å². The smallest absolute Gasteiger partial charge is 0.246 e. The predicted molar refractivity (Wildman–Crippen MR) is 121 cm³/mol. The molecule has 2 heterocycles. The molecule has 2 amide bonds. The van der Waals surface area contributed by atoms with E-state index in [1.807, 2.05) is 0 Å². The summed E-state index contributed by atoms with van der Waals surface area (Å²) in [6.45, 7) is 0.939. The number of carbonyl (C=O) groups is 2. The average Bonchev–Trinajstić information content (AvgIpc) is 2.78. The van der Waals surface area contributed by atoms with Crippen molar-refractivity contribution in [3.63, 3.8) is 0 Å². The van der Waals surface area contributed by atoms with Crippen LogP contribution in [0.1, 0.15) is 18.4 Å². The van der Waals surface area contributed by atoms with Gasteiger partial charge in [0.25, 0.3) is 0 Å². The van der Waals surface area contributed by atoms with Crippen LogP contribution in [0.15, 0.2) is 36.5 Å². The van der Waals surface area contributed by atoms with Gasteiger partial charge < -0.3 is 19.7 Å². The number of ether oxygens (including phenoxy) is 2. The Morgan fingerprint density at radius 3 is 2.71 bits per heavy atom. The van der Waals surface area contributed by atoms with Gasteiger partial charge in [0.15, 0.2) is 11.5 Å². The number of hydrogen-bond acceptors (Lipinski definition) is 5. The molecule has 1 saturated heterocycles. The number of amides is 2. The molecule has 1 fully saturated rings. The maximum absolute atomic E-state index is 12.7. The Bertz CT molecular complexity index is 979. The summed E-state index contributed by atoms with van der Waals surface area (Å²) in [6, 6.07) is 6.73. The maximum Gasteiger partial charge on any atom is 0.246 e. The highest BCUT2D eigenvalue weighted by Gasteiger charge is 2.27. The fourth-order valence-corrected chi connectivity index (χ4v) is 3.78. The molecular formula is C22H23Cl2N3O4. The highest BCUT2D eigenvalue weighted by atomic mass is 35.5. The van der Waals surface area contributed by atoms with Crippen LogP contribution in [0.2, 0.25) is 10.0 Å². The Balaban J connectivity index is 1.63. The second-order valence-electron chi connectivity index (χ2n) is 7.05. The minimum atomic E-state index is -0.306. The first-order valence-electron chi connectivity index (χ1n) is 9.72. The highest BCUT2D eigenvalue weighted by Crippen LogP contribution is 2.36. The SMILES string of the molecule is COc1cc(C=CC(=O)N2CCCC(C(=O)Nc3ccc(Cl)cn3)C2)cc(Cl)c1OC. The molecule has 1 aromatic carbocycles. The molecule has 1 aromatic heterocycles. The molecule has 3 rings (SSSR count). The normalized spacial score (nSPS) is 16.3. The van der Waals surface area contributed by atoms with Gasteiger partial charge in [0.2, 0.25) is 11.8 Å². The second-order valence-corrected chi connectivity index (χ2v) is 7.89. The molecular weight excluding hydrogens is 441 g/mol. The van der Waals surface area contributed by atoms with Crippen molar-refractivity contribution in [3.8, 4) is 11.5 Å². The maximum atomic E-state index is 12.7. The second kappa shape index (κ2) is 10.5. The topological polar surface area (TPSA) is 80.8 Å². The average molecular weight is 464 g/mol. The van der Waals surface area contributed by atoms with Crippen LogP contribution < -0.4 is 14.8 Å². The highest BCUT2D eigenvalue weighted by molar-refractivity contribution is 6.32. The van der Waals surface area contributed by atoms with E-state index in [-0.39, 0.29) is 17.7 Å². The van der Waals surface area contributed by atoms with Crippen LogP contribution >= 0.6 is 23.2 Å². The summed E-state index contributed by atoms with van der Waals surface area (Å²) >= 11 is 12.0. The van der Waals surface area contributed by atoms with E-state index < -0.39 is 0 Å². The molecule has 1 atom stereocenters. The Labute approximate surface area is 190 Å². The van der Waals surface area contributed by atoms with Crippen LogP contribution in [-0.2, 0) is 9.59 Å². The van der Waals surface area contributed by atoms with Crippen molar-refractivity contribution in [1.29, 1.82) is 0 Å². The van der Waals surface area contributed by atoms with Gasteiger partial charge in [-0.2, -0.15) is 0 Å². The molecule has 7 nitrogen and oxygen atoms in total. The van der Waals surface area contributed by atoms with E-state index >= 15 is 0 Å². The van der Waals surface area contributed by atoms with Crippen molar-refractivity contribution < 1.29 is 19.1 Å². The van der Waals surface area contributed by atoms with E-state index in [4.69, 9.17) is 32.7 Å². The van der Waals surface area contributed by atoms with E-state index in [9.17, 15) is 9.59 Å². The van der Waals surface area contributed by atoms with Crippen LogP contribution in [0.3, 0.4) is 0 Å². The summed E-state index contributed by atoms with van der Waals surface area (Å²) in [6.07, 6.45) is 6.06. The number of likely N-dealkylation sites (tertiary alicyclic amines) is 1. The Kier molecular flexibility index (Phi) is 7.76. The molecule has 0 saturated carbocycles. The molecule has 1 aliphatic rings. The summed E-state index contributed by atoms with van der Waals surface area (Å²) < 4.78 is 10.5. The van der Waals surface area contributed by atoms with Gasteiger partial charge in [-0.3, -0.25) is 9.59 Å². The first-order chi connectivity index (χ1) is 14.9. The summed E-state index contributed by atoms with van der Waals surface area (Å²) in [5.74, 6) is 0.707. The van der Waals surface area contributed by atoms with Crippen molar-refractivity contribution in [1.82, 2.24) is 9.88 Å². The minimum absolute atomic E-state index is 0.164. The number of halogens is 2. The summed E-state index contributed by atoms with van der Waals surface area (Å²) in [5, 5.41) is 3.66. The molecule has 1 aliphatic heterocycles. The number of methoxy groups -OCH3 is 2. The van der Waals surface area contributed by atoms with E-state index in [0.717, 1.165) is 6.42 Å². The van der Waals surface area contributed by atoms with E-state index in [1.165, 1.54) is 26.5 Å². The number of pyridine rings is 1. The fourth-order valence-electron chi connectivity index (χ4n) is 3.38. The number of benzene rings is 1. The lowest BCUT2D eigenvalue weighted by Gasteiger charge is -2.31. The van der Waals surface area contributed by atoms with Gasteiger partial charge in [0.05, 0.1) is 30.2 Å². The van der Waals surface area contributed by atoms with E-state index in [0.29, 0.717) is 52.4 Å². The van der Waals surface area contributed by atoms with Crippen LogP contribution in [0.5, 0.6) is 11.5 Å². The molecule has 0 aliphatic carbocycles. The molecule has 9 heteroatoms. The van der Waals surface area contributed by atoms with Crippen molar-refractivity contribution >= 4 is 46.9 Å². The standard InChI is InChI=1S/C22H23Cl2N3O4/c1-30-18-11-14(10-17(24)21(18)31-2)5-8-20(28)27-9-3-4-15(13-27)22(29)26-19-7-6-16(23)12-25-19/h5-8,10-12,15H,3-4,9,13H2,1-2H3,(H,25,26,29). The summed E-state index contributed by atoms with van der Waals surface area (Å²) in [4.78, 5) is 31.0. The monoisotopic (exact) mass is 463 g/mol. The van der Waals surface area contributed by atoms with Crippen LogP contribution in [0, 0.1) is 5.92 Å². The zero-order chi connectivity index (χ0) is 22.4. The van der Waals surface area contributed by atoms with Gasteiger partial charge in [-0.15, -0.1) is 0 Å². The number of piperidine rings is 1. The van der Waals surface area contributed by atoms with Gasteiger partial charge >= 0.3 is 0 Å². The number of rotatable bonds is 6. The zero-order valence-corrected chi connectivity index (χ0v) is 18.7. The number of aromatic nitrogens is 1. The zero-order valence-electron chi connectivity index (χ0n) is 17.2. The van der Waals surface area contributed by atoms with Crippen molar-refractivity contribution in [2.24, 2.45) is 5.92 Å². The Morgan fingerprint density at radius 1 is 1.23 bits per heavy atom. The number of carbonyl (C=O) groups excluding carboxylic acids is 2. The first kappa shape index (κ1) is 22.9. The molecule has 1 N–H and O–H groups in total. The van der Waals surface area contributed by atoms with Gasteiger partial charge in [0, 0.05) is 25.4 Å². The molecule has 1 unspecified atom stereocenters. The lowest BCUT2D eigenvalue weighted by molar-refractivity contribution is -0.130. The number of nitrogens with one attached hydrogen (secondary N) is 1. The lowest BCUT2D eigenvalue weighted by Crippen LogP contribution is -2.43. The molecule has 0 bridgehead atoms. The number of nitrogens with zero attached hydrogens (tertiary/aromatic N) is 2. The van der Waals surface area contributed by atoms with Gasteiger partial charge in [-0.05, 0) is 48.7 Å². The van der Waals surface area contributed by atoms with Crippen LogP contribution in [-0.4, -0.2) is 49.0 Å². The fraction of sp³-hybridized carbons (Fsp3) is 0.318. The van der Waals surface area contributed by atoms with Gasteiger partial charge in [0.1, 0.15) is 5.82 Å². The largest absolute Gasteiger partial charge is 0.493 e. The van der Waals surface area contributed by atoms with E-state index in [2.05, 4.69) is 10.3 Å². The number of hydrogen-bond donors (Lipinski definition) is 1. The lowest BCUT2D eigenvalue weighted by atomic mass is 9.97. The number of anilines is 1. The quantitative estimate of drug-likeness (QED) is 0.645. The van der Waals surface area contributed by atoms with Crippen LogP contribution in [0.4, 0.5) is 5.82 Å². The van der Waals surface area contributed by atoms with Crippen molar-refractivity contribution in [2.45, 2.75) is 12.8 Å². The Morgan fingerprint density at radius 2 is 2.03 bits per heavy atom. The third-order valence-corrected chi connectivity index (χ3v) is 5.46. The molecule has 31 heavy (non-hydrogen) atoms. The van der Waals surface area contributed by atoms with Crippen molar-refractivity contribution in [2.75, 3.05) is 32.6 Å². The molecule has 2 aromatic rings.